The summed E-state index contributed by atoms with van der Waals surface area (Å²) in [5.41, 5.74) is 0. The molecule has 1 aliphatic heterocycles. The molecule has 0 aromatic heterocycles. The third kappa shape index (κ3) is 1.59. The van der Waals surface area contributed by atoms with E-state index in [1.807, 2.05) is 0 Å². The molecule has 0 spiro atoms. The minimum atomic E-state index is -0.268. The highest BCUT2D eigenvalue weighted by atomic mass is 32.1. The average molecular weight is 147 g/mol. The Balaban J connectivity index is 2.32. The molecule has 9 heavy (non-hydrogen) atoms. The molecule has 1 aliphatic rings. The lowest BCUT2D eigenvalue weighted by atomic mass is 10.2. The highest BCUT2D eigenvalue weighted by Crippen LogP contribution is 2.06. The number of hydrogen-bond donors (Lipinski definition) is 2. The topological polar surface area (TPSA) is 38.3 Å². The van der Waals surface area contributed by atoms with Crippen LogP contribution in [0.15, 0.2) is 0 Å². The third-order valence-electron chi connectivity index (χ3n) is 1.43. The number of nitrogens with one attached hydrogen (secondary N) is 1. The molecule has 1 heterocycles. The largest absolute Gasteiger partial charge is 0.393 e. The van der Waals surface area contributed by atoms with Gasteiger partial charge in [-0.3, -0.25) is 0 Å². The maximum Gasteiger partial charge on any atom is 0.334 e. The predicted molar refractivity (Wildman–Crippen MR) is 36.1 cm³/mol. The Morgan fingerprint density at radius 2 is 2.56 bits per heavy atom. The Kier molecular flexibility index (Phi) is 2.36. The first kappa shape index (κ1) is 6.89. The van der Waals surface area contributed by atoms with Gasteiger partial charge in [-0.15, -0.1) is 0 Å². The van der Waals surface area contributed by atoms with Crippen molar-refractivity contribution in [2.24, 2.45) is 0 Å². The quantitative estimate of drug-likeness (QED) is 0.409. The van der Waals surface area contributed by atoms with Crippen LogP contribution in [0.1, 0.15) is 12.8 Å². The fraction of sp³-hybridized carbons (Fsp3) is 0.800. The zero-order valence-corrected chi connectivity index (χ0v) is 5.86. The van der Waals surface area contributed by atoms with Crippen molar-refractivity contribution in [2.75, 3.05) is 6.54 Å². The number of hydrogen-bond acceptors (Lipinski definition) is 4. The van der Waals surface area contributed by atoms with Crippen LogP contribution in [-0.2, 0) is 8.98 Å². The monoisotopic (exact) mass is 147 g/mol. The van der Waals surface area contributed by atoms with E-state index in [0.29, 0.717) is 0 Å². The average Bonchev–Trinajstić information content (AvgIpc) is 2.37. The fourth-order valence-electron chi connectivity index (χ4n) is 0.949. The molecule has 3 nitrogen and oxygen atoms in total. The van der Waals surface area contributed by atoms with Crippen LogP contribution in [0.25, 0.3) is 0 Å². The summed E-state index contributed by atoms with van der Waals surface area (Å²) < 4.78 is 4.23. The minimum Gasteiger partial charge on any atom is -0.393 e. The van der Waals surface area contributed by atoms with Crippen molar-refractivity contribution in [1.82, 2.24) is 5.32 Å². The molecule has 1 N–H and O–H groups in total. The lowest BCUT2D eigenvalue weighted by Crippen LogP contribution is -2.30. The molecule has 0 aromatic carbocycles. The van der Waals surface area contributed by atoms with Crippen LogP contribution in [0, 0.1) is 0 Å². The van der Waals surface area contributed by atoms with E-state index in [4.69, 9.17) is 0 Å². The minimum absolute atomic E-state index is 0.109. The first-order chi connectivity index (χ1) is 4.34. The lowest BCUT2D eigenvalue weighted by Gasteiger charge is -2.03. The molecule has 0 aromatic rings. The Bertz CT molecular complexity index is 112. The van der Waals surface area contributed by atoms with E-state index in [0.717, 1.165) is 19.4 Å². The summed E-state index contributed by atoms with van der Waals surface area (Å²) in [5, 5.41) is 2.98. The number of rotatable bonds is 1. The maximum atomic E-state index is 10.7. The van der Waals surface area contributed by atoms with Gasteiger partial charge in [-0.2, -0.15) is 0 Å². The Morgan fingerprint density at radius 3 is 3.00 bits per heavy atom. The number of carbonyl (C=O) groups excluding carboxylic acids is 1. The molecule has 0 saturated carbocycles. The van der Waals surface area contributed by atoms with E-state index < -0.39 is 0 Å². The lowest BCUT2D eigenvalue weighted by molar-refractivity contribution is -0.134. The highest BCUT2D eigenvalue weighted by Gasteiger charge is 2.22. The summed E-state index contributed by atoms with van der Waals surface area (Å²) in [6, 6.07) is -0.109. The summed E-state index contributed by atoms with van der Waals surface area (Å²) >= 11 is 3.40. The van der Waals surface area contributed by atoms with Crippen LogP contribution >= 0.6 is 12.9 Å². The molecule has 0 radical (unpaired) electrons. The molecule has 4 heteroatoms. The van der Waals surface area contributed by atoms with Gasteiger partial charge in [0.25, 0.3) is 0 Å². The molecule has 0 amide bonds. The number of carbonyl (C=O) groups is 1. The van der Waals surface area contributed by atoms with E-state index >= 15 is 0 Å². The van der Waals surface area contributed by atoms with Crippen LogP contribution in [0.4, 0.5) is 0 Å². The van der Waals surface area contributed by atoms with Crippen molar-refractivity contribution >= 4 is 18.9 Å². The first-order valence-corrected chi connectivity index (χ1v) is 3.30. The standard InChI is InChI=1S/C5H9NO2S/c7-5(8-9)4-2-1-3-6-4/h4,6,9H,1-3H2/t4-/m0/s1. The van der Waals surface area contributed by atoms with Crippen molar-refractivity contribution in [3.63, 3.8) is 0 Å². The molecule has 1 saturated heterocycles. The molecule has 1 atom stereocenters. The van der Waals surface area contributed by atoms with Gasteiger partial charge >= 0.3 is 5.97 Å². The molecule has 0 bridgehead atoms. The predicted octanol–water partition coefficient (Wildman–Crippen LogP) is 0.126. The molecular weight excluding hydrogens is 138 g/mol. The van der Waals surface area contributed by atoms with E-state index in [9.17, 15) is 4.79 Å². The van der Waals surface area contributed by atoms with E-state index in [1.165, 1.54) is 0 Å². The van der Waals surface area contributed by atoms with Gasteiger partial charge in [-0.1, -0.05) is 0 Å². The van der Waals surface area contributed by atoms with Crippen LogP contribution in [0.2, 0.25) is 0 Å². The SMILES string of the molecule is O=C(OS)[C@@H]1CCCN1. The first-order valence-electron chi connectivity index (χ1n) is 2.93. The van der Waals surface area contributed by atoms with Gasteiger partial charge in [0.15, 0.2) is 0 Å². The summed E-state index contributed by atoms with van der Waals surface area (Å²) in [4.78, 5) is 10.7. The smallest absolute Gasteiger partial charge is 0.334 e. The second-order valence-corrected chi connectivity index (χ2v) is 2.24. The zero-order chi connectivity index (χ0) is 6.69. The molecule has 0 aliphatic carbocycles. The van der Waals surface area contributed by atoms with Crippen LogP contribution < -0.4 is 5.32 Å². The van der Waals surface area contributed by atoms with E-state index in [-0.39, 0.29) is 12.0 Å². The van der Waals surface area contributed by atoms with Crippen molar-refractivity contribution in [1.29, 1.82) is 0 Å². The molecule has 0 unspecified atom stereocenters. The van der Waals surface area contributed by atoms with E-state index in [2.05, 4.69) is 22.4 Å². The molecule has 52 valence electrons. The molecule has 1 fully saturated rings. The summed E-state index contributed by atoms with van der Waals surface area (Å²) in [6.07, 6.45) is 1.92. The Labute approximate surface area is 59.4 Å². The van der Waals surface area contributed by atoms with Crippen molar-refractivity contribution in [3.05, 3.63) is 0 Å². The molecule has 1 rings (SSSR count). The Hall–Kier alpha value is -0.220. The summed E-state index contributed by atoms with van der Waals surface area (Å²) in [6.45, 7) is 0.910. The third-order valence-corrected chi connectivity index (χ3v) is 1.61. The van der Waals surface area contributed by atoms with Crippen molar-refractivity contribution in [2.45, 2.75) is 18.9 Å². The molecular formula is C5H9NO2S. The van der Waals surface area contributed by atoms with Gasteiger partial charge in [0, 0.05) is 12.9 Å². The number of thiol groups is 1. The van der Waals surface area contributed by atoms with Gasteiger partial charge in [0.2, 0.25) is 0 Å². The van der Waals surface area contributed by atoms with Gasteiger partial charge in [0.1, 0.15) is 6.04 Å². The fourth-order valence-corrected chi connectivity index (χ4v) is 1.08. The Morgan fingerprint density at radius 1 is 1.78 bits per heavy atom. The van der Waals surface area contributed by atoms with Gasteiger partial charge in [-0.05, 0) is 19.4 Å². The normalized spacial score (nSPS) is 26.1. The highest BCUT2D eigenvalue weighted by molar-refractivity contribution is 7.75. The van der Waals surface area contributed by atoms with Crippen LogP contribution in [0.3, 0.4) is 0 Å². The summed E-state index contributed by atoms with van der Waals surface area (Å²) in [7, 11) is 0. The van der Waals surface area contributed by atoms with Crippen molar-refractivity contribution < 1.29 is 8.98 Å². The maximum absolute atomic E-state index is 10.7. The van der Waals surface area contributed by atoms with Gasteiger partial charge < -0.3 is 9.50 Å². The zero-order valence-electron chi connectivity index (χ0n) is 4.96. The second kappa shape index (κ2) is 3.08. The van der Waals surface area contributed by atoms with Gasteiger partial charge in [-0.25, -0.2) is 4.79 Å². The summed E-state index contributed by atoms with van der Waals surface area (Å²) in [5.74, 6) is -0.268. The van der Waals surface area contributed by atoms with E-state index in [1.54, 1.807) is 0 Å². The van der Waals surface area contributed by atoms with Crippen LogP contribution in [-0.4, -0.2) is 18.6 Å². The van der Waals surface area contributed by atoms with Gasteiger partial charge in [0.05, 0.1) is 0 Å². The van der Waals surface area contributed by atoms with Crippen molar-refractivity contribution in [3.8, 4) is 0 Å². The second-order valence-electron chi connectivity index (χ2n) is 2.06. The van der Waals surface area contributed by atoms with Crippen LogP contribution in [0.5, 0.6) is 0 Å².